The van der Waals surface area contributed by atoms with Gasteiger partial charge in [0, 0.05) is 10.9 Å². The second kappa shape index (κ2) is 7.16. The highest BCUT2D eigenvalue weighted by Gasteiger charge is 2.16. The molecule has 0 bridgehead atoms. The Morgan fingerprint density at radius 2 is 1.90 bits per heavy atom. The van der Waals surface area contributed by atoms with Crippen LogP contribution in [0.3, 0.4) is 0 Å². The smallest absolute Gasteiger partial charge is 0.179 e. The SMILES string of the molecule is COc1cc(C(O)Cc2ccccc2Br)cc(Cl)c1OC. The largest absolute Gasteiger partial charge is 0.493 e. The standard InChI is InChI=1S/C16H16BrClO3/c1-20-15-9-11(7-13(18)16(15)21-2)14(19)8-10-5-3-4-6-12(10)17/h3-7,9,14,19H,8H2,1-2H3. The summed E-state index contributed by atoms with van der Waals surface area (Å²) in [6.45, 7) is 0. The van der Waals surface area contributed by atoms with Crippen LogP contribution in [0.5, 0.6) is 11.5 Å². The van der Waals surface area contributed by atoms with Gasteiger partial charge in [-0.25, -0.2) is 0 Å². The number of aliphatic hydroxyl groups excluding tert-OH is 1. The van der Waals surface area contributed by atoms with Gasteiger partial charge in [0.15, 0.2) is 11.5 Å². The number of rotatable bonds is 5. The highest BCUT2D eigenvalue weighted by atomic mass is 79.9. The highest BCUT2D eigenvalue weighted by molar-refractivity contribution is 9.10. The van der Waals surface area contributed by atoms with Crippen LogP contribution < -0.4 is 9.47 Å². The first-order valence-corrected chi connectivity index (χ1v) is 7.56. The maximum Gasteiger partial charge on any atom is 0.179 e. The number of hydrogen-bond donors (Lipinski definition) is 1. The molecule has 3 nitrogen and oxygen atoms in total. The van der Waals surface area contributed by atoms with E-state index in [1.54, 1.807) is 12.1 Å². The van der Waals surface area contributed by atoms with Crippen LogP contribution in [0.4, 0.5) is 0 Å². The van der Waals surface area contributed by atoms with Gasteiger partial charge in [-0.3, -0.25) is 0 Å². The fraction of sp³-hybridized carbons (Fsp3) is 0.250. The fourth-order valence-corrected chi connectivity index (χ4v) is 2.86. The van der Waals surface area contributed by atoms with Gasteiger partial charge in [-0.05, 0) is 29.3 Å². The quantitative estimate of drug-likeness (QED) is 0.847. The Kier molecular flexibility index (Phi) is 5.51. The molecule has 1 N–H and O–H groups in total. The second-order valence-corrected chi connectivity index (χ2v) is 5.81. The summed E-state index contributed by atoms with van der Waals surface area (Å²) in [6, 6.07) is 11.2. The first-order chi connectivity index (χ1) is 10.1. The van der Waals surface area contributed by atoms with Crippen LogP contribution >= 0.6 is 27.5 Å². The van der Waals surface area contributed by atoms with Crippen molar-refractivity contribution in [3.8, 4) is 11.5 Å². The van der Waals surface area contributed by atoms with E-state index in [0.717, 1.165) is 10.0 Å². The molecule has 112 valence electrons. The van der Waals surface area contributed by atoms with Crippen LogP contribution in [0.2, 0.25) is 5.02 Å². The van der Waals surface area contributed by atoms with E-state index in [1.165, 1.54) is 14.2 Å². The molecule has 0 heterocycles. The molecule has 0 spiro atoms. The minimum atomic E-state index is -0.680. The third kappa shape index (κ3) is 3.70. The number of ether oxygens (including phenoxy) is 2. The zero-order valence-electron chi connectivity index (χ0n) is 11.8. The van der Waals surface area contributed by atoms with Gasteiger partial charge in [-0.2, -0.15) is 0 Å². The van der Waals surface area contributed by atoms with Gasteiger partial charge in [-0.1, -0.05) is 45.7 Å². The lowest BCUT2D eigenvalue weighted by atomic mass is 10.0. The Bertz CT molecular complexity index is 631. The molecule has 2 rings (SSSR count). The van der Waals surface area contributed by atoms with Gasteiger partial charge in [0.1, 0.15) is 0 Å². The summed E-state index contributed by atoms with van der Waals surface area (Å²) in [5.74, 6) is 0.974. The lowest BCUT2D eigenvalue weighted by Crippen LogP contribution is -2.04. The lowest BCUT2D eigenvalue weighted by Gasteiger charge is -2.16. The van der Waals surface area contributed by atoms with Crippen molar-refractivity contribution in [2.45, 2.75) is 12.5 Å². The molecule has 0 amide bonds. The van der Waals surface area contributed by atoms with Crippen molar-refractivity contribution in [1.82, 2.24) is 0 Å². The van der Waals surface area contributed by atoms with E-state index in [0.29, 0.717) is 28.5 Å². The summed E-state index contributed by atoms with van der Waals surface area (Å²) < 4.78 is 11.4. The molecule has 1 unspecified atom stereocenters. The molecule has 1 atom stereocenters. The van der Waals surface area contributed by atoms with Gasteiger partial charge in [0.25, 0.3) is 0 Å². The molecule has 0 saturated heterocycles. The number of hydrogen-bond acceptors (Lipinski definition) is 3. The molecular weight excluding hydrogens is 356 g/mol. The molecule has 2 aromatic carbocycles. The van der Waals surface area contributed by atoms with Crippen molar-refractivity contribution in [1.29, 1.82) is 0 Å². The topological polar surface area (TPSA) is 38.7 Å². The van der Waals surface area contributed by atoms with Crippen LogP contribution in [-0.2, 0) is 6.42 Å². The van der Waals surface area contributed by atoms with E-state index >= 15 is 0 Å². The number of benzene rings is 2. The monoisotopic (exact) mass is 370 g/mol. The van der Waals surface area contributed by atoms with Gasteiger partial charge < -0.3 is 14.6 Å². The molecule has 21 heavy (non-hydrogen) atoms. The van der Waals surface area contributed by atoms with Crippen molar-refractivity contribution in [2.75, 3.05) is 14.2 Å². The Morgan fingerprint density at radius 1 is 1.19 bits per heavy atom. The van der Waals surface area contributed by atoms with Crippen LogP contribution in [0.15, 0.2) is 40.9 Å². The first-order valence-electron chi connectivity index (χ1n) is 6.39. The summed E-state index contributed by atoms with van der Waals surface area (Å²) >= 11 is 9.65. The summed E-state index contributed by atoms with van der Waals surface area (Å²) in [5.41, 5.74) is 1.71. The molecule has 0 aromatic heterocycles. The van der Waals surface area contributed by atoms with Crippen molar-refractivity contribution < 1.29 is 14.6 Å². The van der Waals surface area contributed by atoms with E-state index in [1.807, 2.05) is 24.3 Å². The predicted molar refractivity (Wildman–Crippen MR) is 87.4 cm³/mol. The molecule has 2 aromatic rings. The van der Waals surface area contributed by atoms with Crippen molar-refractivity contribution in [3.63, 3.8) is 0 Å². The van der Waals surface area contributed by atoms with Gasteiger partial charge in [-0.15, -0.1) is 0 Å². The van der Waals surface area contributed by atoms with Crippen LogP contribution in [0.25, 0.3) is 0 Å². The van der Waals surface area contributed by atoms with Crippen LogP contribution in [0, 0.1) is 0 Å². The Morgan fingerprint density at radius 3 is 2.52 bits per heavy atom. The van der Waals surface area contributed by atoms with Crippen LogP contribution in [0.1, 0.15) is 17.2 Å². The Hall–Kier alpha value is -1.23. The molecule has 0 aliphatic heterocycles. The fourth-order valence-electron chi connectivity index (χ4n) is 2.12. The van der Waals surface area contributed by atoms with E-state index < -0.39 is 6.10 Å². The molecule has 0 aliphatic carbocycles. The van der Waals surface area contributed by atoms with Crippen molar-refractivity contribution >= 4 is 27.5 Å². The third-order valence-electron chi connectivity index (χ3n) is 3.21. The minimum absolute atomic E-state index is 0.415. The van der Waals surface area contributed by atoms with Gasteiger partial charge >= 0.3 is 0 Å². The summed E-state index contributed by atoms with van der Waals surface area (Å²) in [7, 11) is 3.07. The number of aliphatic hydroxyl groups is 1. The zero-order valence-corrected chi connectivity index (χ0v) is 14.1. The van der Waals surface area contributed by atoms with Gasteiger partial charge in [0.05, 0.1) is 25.3 Å². The predicted octanol–water partition coefficient (Wildman–Crippen LogP) is 4.40. The average molecular weight is 372 g/mol. The van der Waals surface area contributed by atoms with E-state index in [2.05, 4.69) is 15.9 Å². The van der Waals surface area contributed by atoms with Gasteiger partial charge in [0.2, 0.25) is 0 Å². The third-order valence-corrected chi connectivity index (χ3v) is 4.27. The summed E-state index contributed by atoms with van der Waals surface area (Å²) in [4.78, 5) is 0. The Balaban J connectivity index is 2.29. The van der Waals surface area contributed by atoms with Crippen molar-refractivity contribution in [3.05, 3.63) is 57.0 Å². The first kappa shape index (κ1) is 16.1. The normalized spacial score (nSPS) is 12.0. The zero-order chi connectivity index (χ0) is 15.4. The van der Waals surface area contributed by atoms with E-state index in [9.17, 15) is 5.11 Å². The maximum atomic E-state index is 10.4. The van der Waals surface area contributed by atoms with Crippen LogP contribution in [-0.4, -0.2) is 19.3 Å². The molecule has 5 heteroatoms. The number of methoxy groups -OCH3 is 2. The summed E-state index contributed by atoms with van der Waals surface area (Å²) in [5, 5.41) is 10.8. The highest BCUT2D eigenvalue weighted by Crippen LogP contribution is 2.38. The Labute approximate surface area is 137 Å². The average Bonchev–Trinajstić information content (AvgIpc) is 2.48. The minimum Gasteiger partial charge on any atom is -0.493 e. The molecular formula is C16H16BrClO3. The molecule has 0 saturated carbocycles. The van der Waals surface area contributed by atoms with Crippen molar-refractivity contribution in [2.24, 2.45) is 0 Å². The number of halogens is 2. The second-order valence-electron chi connectivity index (χ2n) is 4.55. The maximum absolute atomic E-state index is 10.4. The molecule has 0 fully saturated rings. The summed E-state index contributed by atoms with van der Waals surface area (Å²) in [6.07, 6.45) is -0.200. The van der Waals surface area contributed by atoms with E-state index in [4.69, 9.17) is 21.1 Å². The van der Waals surface area contributed by atoms with E-state index in [-0.39, 0.29) is 0 Å². The lowest BCUT2D eigenvalue weighted by molar-refractivity contribution is 0.177. The molecule has 0 aliphatic rings. The molecule has 0 radical (unpaired) electrons.